The fraction of sp³-hybridized carbons (Fsp3) is 1.00. The van der Waals surface area contributed by atoms with Gasteiger partial charge in [-0.2, -0.15) is 0 Å². The van der Waals surface area contributed by atoms with Crippen molar-refractivity contribution >= 4 is 12.4 Å². The molecule has 0 amide bonds. The average molecular weight is 168 g/mol. The van der Waals surface area contributed by atoms with Gasteiger partial charge in [-0.05, 0) is 25.7 Å². The van der Waals surface area contributed by atoms with Gasteiger partial charge in [0, 0.05) is 12.6 Å². The van der Waals surface area contributed by atoms with Crippen LogP contribution in [0.4, 0.5) is 4.39 Å². The van der Waals surface area contributed by atoms with E-state index in [2.05, 4.69) is 12.2 Å². The van der Waals surface area contributed by atoms with E-state index in [9.17, 15) is 4.39 Å². The van der Waals surface area contributed by atoms with Gasteiger partial charge in [0.25, 0.3) is 0 Å². The first-order valence-corrected chi connectivity index (χ1v) is 3.62. The van der Waals surface area contributed by atoms with Gasteiger partial charge in [0.15, 0.2) is 0 Å². The molecule has 1 rings (SSSR count). The van der Waals surface area contributed by atoms with Crippen molar-refractivity contribution in [2.24, 2.45) is 5.92 Å². The van der Waals surface area contributed by atoms with Crippen LogP contribution in [0.15, 0.2) is 0 Å². The van der Waals surface area contributed by atoms with E-state index in [0.717, 1.165) is 19.4 Å². The fourth-order valence-corrected chi connectivity index (χ4v) is 1.19. The van der Waals surface area contributed by atoms with Gasteiger partial charge in [-0.1, -0.05) is 0 Å². The van der Waals surface area contributed by atoms with E-state index in [1.165, 1.54) is 0 Å². The van der Waals surface area contributed by atoms with Gasteiger partial charge in [-0.15, -0.1) is 12.4 Å². The van der Waals surface area contributed by atoms with E-state index in [1.54, 1.807) is 0 Å². The third-order valence-corrected chi connectivity index (χ3v) is 1.98. The Morgan fingerprint density at radius 2 is 2.20 bits per heavy atom. The summed E-state index contributed by atoms with van der Waals surface area (Å²) in [5.74, 6) is 0.293. The van der Waals surface area contributed by atoms with Crippen LogP contribution in [0.2, 0.25) is 0 Å². The molecule has 0 aromatic rings. The SMILES string of the molecule is CC1CCC(CF)CN1.Cl. The van der Waals surface area contributed by atoms with Crippen LogP contribution in [0.5, 0.6) is 0 Å². The van der Waals surface area contributed by atoms with Crippen LogP contribution in [0.3, 0.4) is 0 Å². The average Bonchev–Trinajstić information content (AvgIpc) is 1.90. The monoisotopic (exact) mass is 167 g/mol. The molecule has 1 saturated heterocycles. The highest BCUT2D eigenvalue weighted by molar-refractivity contribution is 5.85. The molecule has 0 bridgehead atoms. The summed E-state index contributed by atoms with van der Waals surface area (Å²) < 4.78 is 12.0. The summed E-state index contributed by atoms with van der Waals surface area (Å²) in [6.45, 7) is 2.87. The van der Waals surface area contributed by atoms with Crippen molar-refractivity contribution in [1.29, 1.82) is 0 Å². The molecule has 10 heavy (non-hydrogen) atoms. The number of halogens is 2. The van der Waals surface area contributed by atoms with Crippen LogP contribution in [-0.2, 0) is 0 Å². The molecule has 1 N–H and O–H groups in total. The number of hydrogen-bond acceptors (Lipinski definition) is 1. The predicted octanol–water partition coefficient (Wildman–Crippen LogP) is 1.77. The van der Waals surface area contributed by atoms with E-state index in [4.69, 9.17) is 0 Å². The lowest BCUT2D eigenvalue weighted by Gasteiger charge is -2.25. The lowest BCUT2D eigenvalue weighted by Crippen LogP contribution is -2.37. The Morgan fingerprint density at radius 1 is 1.50 bits per heavy atom. The Kier molecular flexibility index (Phi) is 5.00. The second kappa shape index (κ2) is 4.91. The third-order valence-electron chi connectivity index (χ3n) is 1.98. The molecule has 0 aromatic carbocycles. The number of alkyl halides is 1. The molecule has 0 spiro atoms. The Labute approximate surface area is 67.8 Å². The minimum atomic E-state index is -0.153. The zero-order chi connectivity index (χ0) is 6.69. The molecule has 1 nitrogen and oxygen atoms in total. The highest BCUT2D eigenvalue weighted by atomic mass is 35.5. The minimum absolute atomic E-state index is 0. The second-order valence-electron chi connectivity index (χ2n) is 2.91. The Balaban J connectivity index is 0.000000810. The molecule has 1 aliphatic heterocycles. The van der Waals surface area contributed by atoms with Crippen LogP contribution in [0.1, 0.15) is 19.8 Å². The lowest BCUT2D eigenvalue weighted by molar-refractivity contribution is 0.266. The van der Waals surface area contributed by atoms with Gasteiger partial charge >= 0.3 is 0 Å². The number of piperidine rings is 1. The summed E-state index contributed by atoms with van der Waals surface area (Å²) in [6, 6.07) is 0.604. The fourth-order valence-electron chi connectivity index (χ4n) is 1.19. The molecular formula is C7H15ClFN. The molecule has 3 heteroatoms. The summed E-state index contributed by atoms with van der Waals surface area (Å²) in [5.41, 5.74) is 0. The zero-order valence-electron chi connectivity index (χ0n) is 6.27. The molecule has 1 fully saturated rings. The quantitative estimate of drug-likeness (QED) is 0.628. The standard InChI is InChI=1S/C7H14FN.ClH/c1-6-2-3-7(4-8)5-9-6;/h6-7,9H,2-5H2,1H3;1H. The molecule has 2 unspecified atom stereocenters. The van der Waals surface area contributed by atoms with Gasteiger partial charge in [0.05, 0.1) is 6.67 Å². The van der Waals surface area contributed by atoms with Crippen LogP contribution in [0, 0.1) is 5.92 Å². The predicted molar refractivity (Wildman–Crippen MR) is 43.4 cm³/mol. The van der Waals surface area contributed by atoms with Crippen molar-refractivity contribution in [2.75, 3.05) is 13.2 Å². The summed E-state index contributed by atoms with van der Waals surface area (Å²) in [6.07, 6.45) is 2.19. The Bertz CT molecular complexity index is 81.7. The highest BCUT2D eigenvalue weighted by Crippen LogP contribution is 2.13. The van der Waals surface area contributed by atoms with E-state index in [0.29, 0.717) is 12.0 Å². The smallest absolute Gasteiger partial charge is 0.0934 e. The Morgan fingerprint density at radius 3 is 2.60 bits per heavy atom. The van der Waals surface area contributed by atoms with Crippen molar-refractivity contribution in [3.63, 3.8) is 0 Å². The van der Waals surface area contributed by atoms with Crippen LogP contribution in [0.25, 0.3) is 0 Å². The lowest BCUT2D eigenvalue weighted by atomic mass is 9.97. The molecule has 0 saturated carbocycles. The molecule has 62 valence electrons. The maximum absolute atomic E-state index is 12.0. The van der Waals surface area contributed by atoms with E-state index in [1.807, 2.05) is 0 Å². The minimum Gasteiger partial charge on any atom is -0.314 e. The third kappa shape index (κ3) is 2.84. The topological polar surface area (TPSA) is 12.0 Å². The van der Waals surface area contributed by atoms with E-state index >= 15 is 0 Å². The first kappa shape index (κ1) is 10.2. The van der Waals surface area contributed by atoms with Gasteiger partial charge in [0.2, 0.25) is 0 Å². The summed E-state index contributed by atoms with van der Waals surface area (Å²) >= 11 is 0. The van der Waals surface area contributed by atoms with Crippen LogP contribution < -0.4 is 5.32 Å². The first-order valence-electron chi connectivity index (χ1n) is 3.62. The van der Waals surface area contributed by atoms with Gasteiger partial charge in [0.1, 0.15) is 0 Å². The summed E-state index contributed by atoms with van der Waals surface area (Å²) in [4.78, 5) is 0. The molecule has 0 aromatic heterocycles. The molecule has 2 atom stereocenters. The van der Waals surface area contributed by atoms with E-state index < -0.39 is 0 Å². The summed E-state index contributed by atoms with van der Waals surface area (Å²) in [5, 5.41) is 3.24. The van der Waals surface area contributed by atoms with Crippen molar-refractivity contribution < 1.29 is 4.39 Å². The number of hydrogen-bond donors (Lipinski definition) is 1. The van der Waals surface area contributed by atoms with Crippen molar-refractivity contribution in [2.45, 2.75) is 25.8 Å². The van der Waals surface area contributed by atoms with Crippen molar-refractivity contribution in [1.82, 2.24) is 5.32 Å². The number of nitrogens with one attached hydrogen (secondary N) is 1. The molecule has 1 aliphatic rings. The van der Waals surface area contributed by atoms with Crippen LogP contribution in [-0.4, -0.2) is 19.3 Å². The maximum atomic E-state index is 12.0. The maximum Gasteiger partial charge on any atom is 0.0934 e. The van der Waals surface area contributed by atoms with Gasteiger partial charge in [-0.25, -0.2) is 0 Å². The molecule has 0 aliphatic carbocycles. The Hall–Kier alpha value is 0.180. The largest absolute Gasteiger partial charge is 0.314 e. The molecular weight excluding hydrogens is 153 g/mol. The molecule has 0 radical (unpaired) electrons. The zero-order valence-corrected chi connectivity index (χ0v) is 7.09. The van der Waals surface area contributed by atoms with E-state index in [-0.39, 0.29) is 19.1 Å². The van der Waals surface area contributed by atoms with Crippen molar-refractivity contribution in [3.8, 4) is 0 Å². The first-order chi connectivity index (χ1) is 4.33. The number of rotatable bonds is 1. The second-order valence-corrected chi connectivity index (χ2v) is 2.91. The van der Waals surface area contributed by atoms with Gasteiger partial charge < -0.3 is 5.32 Å². The normalized spacial score (nSPS) is 33.0. The highest BCUT2D eigenvalue weighted by Gasteiger charge is 2.16. The van der Waals surface area contributed by atoms with Crippen LogP contribution >= 0.6 is 12.4 Å². The van der Waals surface area contributed by atoms with Crippen molar-refractivity contribution in [3.05, 3.63) is 0 Å². The van der Waals surface area contributed by atoms with Gasteiger partial charge in [-0.3, -0.25) is 4.39 Å². The summed E-state index contributed by atoms with van der Waals surface area (Å²) in [7, 11) is 0. The molecule has 1 heterocycles.